The second-order valence-electron chi connectivity index (χ2n) is 4.43. The van der Waals surface area contributed by atoms with Gasteiger partial charge in [0.15, 0.2) is 6.10 Å². The highest BCUT2D eigenvalue weighted by molar-refractivity contribution is 5.71. The number of hydrogen-bond donors (Lipinski definition) is 2. The third-order valence-electron chi connectivity index (χ3n) is 3.03. The van der Waals surface area contributed by atoms with Crippen molar-refractivity contribution in [1.82, 2.24) is 0 Å². The fraction of sp³-hybridized carbons (Fsp3) is 0.900. The smallest absolute Gasteiger partial charge is 0.332 e. The summed E-state index contributed by atoms with van der Waals surface area (Å²) in [4.78, 5) is 10.5. The molecule has 1 rings (SSSR count). The molecule has 0 amide bonds. The maximum absolute atomic E-state index is 10.5. The molecule has 1 unspecified atom stereocenters. The Balaban J connectivity index is 2.45. The van der Waals surface area contributed by atoms with Gasteiger partial charge in [-0.3, -0.25) is 0 Å². The Hall–Kier alpha value is -0.570. The van der Waals surface area contributed by atoms with E-state index in [4.69, 9.17) is 5.11 Å². The van der Waals surface area contributed by atoms with Crippen LogP contribution in [0.25, 0.3) is 0 Å². The van der Waals surface area contributed by atoms with Gasteiger partial charge in [0.2, 0.25) is 0 Å². The maximum Gasteiger partial charge on any atom is 0.332 e. The molecular formula is C10H18O3. The average Bonchev–Trinajstić information content (AvgIpc) is 2.04. The quantitative estimate of drug-likeness (QED) is 0.706. The summed E-state index contributed by atoms with van der Waals surface area (Å²) >= 11 is 0. The van der Waals surface area contributed by atoms with E-state index >= 15 is 0 Å². The molecule has 3 nitrogen and oxygen atoms in total. The number of carboxylic acids is 1. The van der Waals surface area contributed by atoms with E-state index in [2.05, 4.69) is 6.92 Å². The van der Waals surface area contributed by atoms with Gasteiger partial charge >= 0.3 is 5.97 Å². The van der Waals surface area contributed by atoms with Crippen LogP contribution in [0.3, 0.4) is 0 Å². The minimum atomic E-state index is -1.18. The number of carbonyl (C=O) groups is 1. The van der Waals surface area contributed by atoms with E-state index < -0.39 is 12.1 Å². The zero-order chi connectivity index (χ0) is 9.90. The van der Waals surface area contributed by atoms with E-state index in [1.807, 2.05) is 0 Å². The number of hydrogen-bond acceptors (Lipinski definition) is 2. The highest BCUT2D eigenvalue weighted by Gasteiger charge is 2.31. The average molecular weight is 186 g/mol. The Bertz CT molecular complexity index is 183. The fourth-order valence-corrected chi connectivity index (χ4v) is 2.16. The van der Waals surface area contributed by atoms with Gasteiger partial charge in [0.25, 0.3) is 0 Å². The van der Waals surface area contributed by atoms with Crippen molar-refractivity contribution in [1.29, 1.82) is 0 Å². The molecule has 0 aromatic rings. The molecule has 1 fully saturated rings. The molecule has 0 radical (unpaired) electrons. The molecule has 1 aliphatic carbocycles. The predicted molar refractivity (Wildman–Crippen MR) is 49.5 cm³/mol. The number of aliphatic hydroxyl groups excluding tert-OH is 1. The van der Waals surface area contributed by atoms with Gasteiger partial charge in [-0.1, -0.05) is 26.2 Å². The van der Waals surface area contributed by atoms with Crippen LogP contribution in [-0.4, -0.2) is 22.3 Å². The van der Waals surface area contributed by atoms with Crippen molar-refractivity contribution in [2.24, 2.45) is 5.41 Å². The Kier molecular flexibility index (Phi) is 3.31. The highest BCUT2D eigenvalue weighted by Crippen LogP contribution is 2.39. The van der Waals surface area contributed by atoms with E-state index in [0.717, 1.165) is 12.8 Å². The van der Waals surface area contributed by atoms with Gasteiger partial charge in [-0.15, -0.1) is 0 Å². The number of aliphatic hydroxyl groups is 1. The van der Waals surface area contributed by atoms with Crippen molar-refractivity contribution >= 4 is 5.97 Å². The van der Waals surface area contributed by atoms with Crippen molar-refractivity contribution in [3.63, 3.8) is 0 Å². The van der Waals surface area contributed by atoms with Crippen molar-refractivity contribution in [2.75, 3.05) is 0 Å². The summed E-state index contributed by atoms with van der Waals surface area (Å²) in [5, 5.41) is 17.8. The van der Waals surface area contributed by atoms with Crippen LogP contribution in [0.4, 0.5) is 0 Å². The second-order valence-corrected chi connectivity index (χ2v) is 4.43. The zero-order valence-corrected chi connectivity index (χ0v) is 8.12. The molecule has 2 N–H and O–H groups in total. The third-order valence-corrected chi connectivity index (χ3v) is 3.03. The van der Waals surface area contributed by atoms with Crippen molar-refractivity contribution < 1.29 is 15.0 Å². The van der Waals surface area contributed by atoms with Gasteiger partial charge < -0.3 is 10.2 Å². The molecule has 1 aliphatic rings. The summed E-state index contributed by atoms with van der Waals surface area (Å²) in [6.07, 6.45) is 4.92. The third kappa shape index (κ3) is 2.99. The first kappa shape index (κ1) is 10.5. The molecule has 0 aliphatic heterocycles. The monoisotopic (exact) mass is 186 g/mol. The molecule has 3 heteroatoms. The lowest BCUT2D eigenvalue weighted by Crippen LogP contribution is -2.30. The number of aliphatic carboxylic acids is 1. The SMILES string of the molecule is CC1(CC(O)C(=O)O)CCCCC1. The largest absolute Gasteiger partial charge is 0.479 e. The lowest BCUT2D eigenvalue weighted by Gasteiger charge is -2.34. The van der Waals surface area contributed by atoms with Gasteiger partial charge in [-0.05, 0) is 24.7 Å². The molecule has 0 heterocycles. The molecular weight excluding hydrogens is 168 g/mol. The molecule has 76 valence electrons. The molecule has 0 saturated heterocycles. The Morgan fingerprint density at radius 2 is 1.92 bits per heavy atom. The molecule has 0 aromatic carbocycles. The molecule has 13 heavy (non-hydrogen) atoms. The summed E-state index contributed by atoms with van der Waals surface area (Å²) in [7, 11) is 0. The van der Waals surface area contributed by atoms with E-state index in [1.54, 1.807) is 0 Å². The minimum Gasteiger partial charge on any atom is -0.479 e. The standard InChI is InChI=1S/C10H18O3/c1-10(5-3-2-4-6-10)7-8(11)9(12)13/h8,11H,2-7H2,1H3,(H,12,13). The van der Waals surface area contributed by atoms with Crippen LogP contribution in [0.1, 0.15) is 45.4 Å². The first-order chi connectivity index (χ1) is 6.03. The topological polar surface area (TPSA) is 57.5 Å². The van der Waals surface area contributed by atoms with Crippen LogP contribution in [0.5, 0.6) is 0 Å². The lowest BCUT2D eigenvalue weighted by atomic mass is 9.72. The van der Waals surface area contributed by atoms with Crippen molar-refractivity contribution in [3.8, 4) is 0 Å². The summed E-state index contributed by atoms with van der Waals surface area (Å²) in [5.41, 5.74) is 0.0516. The predicted octanol–water partition coefficient (Wildman–Crippen LogP) is 1.79. The summed E-state index contributed by atoms with van der Waals surface area (Å²) in [6, 6.07) is 0. The molecule has 0 bridgehead atoms. The first-order valence-electron chi connectivity index (χ1n) is 4.94. The van der Waals surface area contributed by atoms with E-state index in [-0.39, 0.29) is 5.41 Å². The fourth-order valence-electron chi connectivity index (χ4n) is 2.16. The second kappa shape index (κ2) is 4.09. The van der Waals surface area contributed by atoms with Gasteiger partial charge in [-0.2, -0.15) is 0 Å². The Labute approximate surface area is 78.8 Å². The Morgan fingerprint density at radius 1 is 1.38 bits per heavy atom. The van der Waals surface area contributed by atoms with E-state index in [1.165, 1.54) is 19.3 Å². The Morgan fingerprint density at radius 3 is 2.38 bits per heavy atom. The van der Waals surface area contributed by atoms with Crippen LogP contribution in [0.15, 0.2) is 0 Å². The van der Waals surface area contributed by atoms with Crippen LogP contribution in [0.2, 0.25) is 0 Å². The van der Waals surface area contributed by atoms with E-state index in [0.29, 0.717) is 6.42 Å². The lowest BCUT2D eigenvalue weighted by molar-refractivity contribution is -0.148. The highest BCUT2D eigenvalue weighted by atomic mass is 16.4. The van der Waals surface area contributed by atoms with Gasteiger partial charge in [0, 0.05) is 0 Å². The van der Waals surface area contributed by atoms with Crippen LogP contribution < -0.4 is 0 Å². The molecule has 0 spiro atoms. The first-order valence-corrected chi connectivity index (χ1v) is 4.94. The maximum atomic E-state index is 10.5. The molecule has 1 saturated carbocycles. The number of carboxylic acid groups (broad SMARTS) is 1. The summed E-state index contributed by atoms with van der Waals surface area (Å²) in [6.45, 7) is 2.08. The van der Waals surface area contributed by atoms with Gasteiger partial charge in [0.1, 0.15) is 0 Å². The minimum absolute atomic E-state index is 0.0516. The van der Waals surface area contributed by atoms with Crippen LogP contribution >= 0.6 is 0 Å². The van der Waals surface area contributed by atoms with Crippen molar-refractivity contribution in [2.45, 2.75) is 51.6 Å². The van der Waals surface area contributed by atoms with Crippen LogP contribution in [-0.2, 0) is 4.79 Å². The van der Waals surface area contributed by atoms with Gasteiger partial charge in [-0.25, -0.2) is 4.79 Å². The summed E-state index contributed by atoms with van der Waals surface area (Å²) < 4.78 is 0. The van der Waals surface area contributed by atoms with Crippen molar-refractivity contribution in [3.05, 3.63) is 0 Å². The van der Waals surface area contributed by atoms with Gasteiger partial charge in [0.05, 0.1) is 0 Å². The van der Waals surface area contributed by atoms with Crippen LogP contribution in [0, 0.1) is 5.41 Å². The summed E-state index contributed by atoms with van der Waals surface area (Å²) in [5.74, 6) is -1.09. The molecule has 1 atom stereocenters. The van der Waals surface area contributed by atoms with E-state index in [9.17, 15) is 9.90 Å². The number of rotatable bonds is 3. The molecule has 0 aromatic heterocycles. The zero-order valence-electron chi connectivity index (χ0n) is 8.12. The normalized spacial score (nSPS) is 23.8.